The molecule has 1 aliphatic heterocycles. The van der Waals surface area contributed by atoms with Gasteiger partial charge in [-0.2, -0.15) is 5.10 Å². The van der Waals surface area contributed by atoms with Gasteiger partial charge in [0.25, 0.3) is 0 Å². The first-order valence-corrected chi connectivity index (χ1v) is 9.30. The van der Waals surface area contributed by atoms with Gasteiger partial charge in [-0.05, 0) is 18.9 Å². The van der Waals surface area contributed by atoms with E-state index in [0.717, 1.165) is 44.8 Å². The summed E-state index contributed by atoms with van der Waals surface area (Å²) in [6.45, 7) is 8.36. The number of methoxy groups -OCH3 is 1. The highest BCUT2D eigenvalue weighted by Gasteiger charge is 2.28. The van der Waals surface area contributed by atoms with E-state index in [-0.39, 0.29) is 12.4 Å². The maximum absolute atomic E-state index is 5.62. The molecule has 1 aliphatic rings. The van der Waals surface area contributed by atoms with Crippen molar-refractivity contribution in [2.24, 2.45) is 7.05 Å². The predicted molar refractivity (Wildman–Crippen MR) is 108 cm³/mol. The number of benzene rings is 1. The monoisotopic (exact) mass is 378 g/mol. The summed E-state index contributed by atoms with van der Waals surface area (Å²) in [6, 6.07) is 8.70. The summed E-state index contributed by atoms with van der Waals surface area (Å²) in [4.78, 5) is 2.57. The third kappa shape index (κ3) is 4.05. The second-order valence-corrected chi connectivity index (χ2v) is 6.64. The molecule has 6 heteroatoms. The van der Waals surface area contributed by atoms with Crippen molar-refractivity contribution in [3.63, 3.8) is 0 Å². The lowest BCUT2D eigenvalue weighted by Crippen LogP contribution is -2.45. The van der Waals surface area contributed by atoms with Gasteiger partial charge in [-0.15, -0.1) is 12.4 Å². The molecule has 0 spiro atoms. The summed E-state index contributed by atoms with van der Waals surface area (Å²) in [5.74, 6) is 0.971. The summed E-state index contributed by atoms with van der Waals surface area (Å²) in [6.07, 6.45) is 2.00. The Balaban J connectivity index is 0.00000243. The molecule has 2 heterocycles. The van der Waals surface area contributed by atoms with E-state index < -0.39 is 0 Å². The van der Waals surface area contributed by atoms with Crippen LogP contribution in [0.15, 0.2) is 24.3 Å². The Morgan fingerprint density at radius 3 is 2.69 bits per heavy atom. The fourth-order valence-electron chi connectivity index (χ4n) is 3.96. The van der Waals surface area contributed by atoms with Crippen LogP contribution in [-0.4, -0.2) is 41.4 Å². The highest BCUT2D eigenvalue weighted by atomic mass is 35.5. The van der Waals surface area contributed by atoms with Gasteiger partial charge >= 0.3 is 0 Å². The zero-order valence-corrected chi connectivity index (χ0v) is 17.1. The van der Waals surface area contributed by atoms with Crippen molar-refractivity contribution in [1.29, 1.82) is 0 Å². The Labute approximate surface area is 163 Å². The molecule has 1 fully saturated rings. The number of rotatable bonds is 6. The minimum absolute atomic E-state index is 0. The average molecular weight is 379 g/mol. The molecule has 1 saturated heterocycles. The van der Waals surface area contributed by atoms with Crippen molar-refractivity contribution in [2.75, 3.05) is 26.7 Å². The lowest BCUT2D eigenvalue weighted by molar-refractivity contribution is 0.150. The van der Waals surface area contributed by atoms with Gasteiger partial charge in [0.1, 0.15) is 5.75 Å². The Hall–Kier alpha value is -1.56. The molecule has 0 bridgehead atoms. The van der Waals surface area contributed by atoms with E-state index >= 15 is 0 Å². The molecular formula is C20H31ClN4O. The van der Waals surface area contributed by atoms with E-state index in [0.29, 0.717) is 6.04 Å². The zero-order valence-electron chi connectivity index (χ0n) is 16.3. The number of nitrogens with zero attached hydrogens (tertiary/aromatic N) is 3. The fraction of sp³-hybridized carbons (Fsp3) is 0.550. The molecule has 1 N–H and O–H groups in total. The van der Waals surface area contributed by atoms with E-state index in [9.17, 15) is 0 Å². The molecule has 0 amide bonds. The lowest BCUT2D eigenvalue weighted by Gasteiger charge is -2.37. The molecule has 2 aromatic rings. The van der Waals surface area contributed by atoms with Crippen LogP contribution in [0.25, 0.3) is 0 Å². The van der Waals surface area contributed by atoms with E-state index in [2.05, 4.69) is 54.0 Å². The Morgan fingerprint density at radius 2 is 2.00 bits per heavy atom. The van der Waals surface area contributed by atoms with Crippen LogP contribution in [0.3, 0.4) is 0 Å². The molecular weight excluding hydrogens is 348 g/mol. The van der Waals surface area contributed by atoms with Crippen LogP contribution in [0.5, 0.6) is 5.75 Å². The van der Waals surface area contributed by atoms with Crippen molar-refractivity contribution in [3.05, 3.63) is 46.8 Å². The summed E-state index contributed by atoms with van der Waals surface area (Å²) < 4.78 is 7.68. The van der Waals surface area contributed by atoms with E-state index in [1.54, 1.807) is 7.11 Å². The molecule has 1 aromatic carbocycles. The topological polar surface area (TPSA) is 42.3 Å². The SMILES string of the molecule is CCc1nn(C)c(CC)c1CN1CCNCC1c1ccccc1OC.Cl. The second kappa shape index (κ2) is 9.40. The van der Waals surface area contributed by atoms with Crippen molar-refractivity contribution in [1.82, 2.24) is 20.0 Å². The maximum atomic E-state index is 5.62. The molecule has 26 heavy (non-hydrogen) atoms. The van der Waals surface area contributed by atoms with Gasteiger partial charge in [-0.3, -0.25) is 9.58 Å². The Morgan fingerprint density at radius 1 is 1.23 bits per heavy atom. The third-order valence-electron chi connectivity index (χ3n) is 5.24. The molecule has 1 aromatic heterocycles. The van der Waals surface area contributed by atoms with Crippen molar-refractivity contribution < 1.29 is 4.74 Å². The number of piperazine rings is 1. The van der Waals surface area contributed by atoms with Gasteiger partial charge in [0, 0.05) is 50.0 Å². The molecule has 3 rings (SSSR count). The van der Waals surface area contributed by atoms with Gasteiger partial charge < -0.3 is 10.1 Å². The maximum Gasteiger partial charge on any atom is 0.123 e. The predicted octanol–water partition coefficient (Wildman–Crippen LogP) is 3.12. The molecule has 1 unspecified atom stereocenters. The van der Waals surface area contributed by atoms with E-state index in [1.807, 2.05) is 6.07 Å². The standard InChI is InChI=1S/C20H30N4O.ClH/c1-5-17-16(18(6-2)23(3)22-17)14-24-12-11-21-13-19(24)15-9-7-8-10-20(15)25-4;/h7-10,19,21H,5-6,11-14H2,1-4H3;1H. The minimum Gasteiger partial charge on any atom is -0.496 e. The Kier molecular flexibility index (Phi) is 7.50. The van der Waals surface area contributed by atoms with Gasteiger partial charge in [0.05, 0.1) is 18.8 Å². The average Bonchev–Trinajstić information content (AvgIpc) is 2.96. The van der Waals surface area contributed by atoms with E-state index in [4.69, 9.17) is 9.84 Å². The highest BCUT2D eigenvalue weighted by molar-refractivity contribution is 5.85. The summed E-state index contributed by atoms with van der Waals surface area (Å²) in [7, 11) is 3.82. The highest BCUT2D eigenvalue weighted by Crippen LogP contribution is 2.32. The quantitative estimate of drug-likeness (QED) is 0.838. The molecule has 0 aliphatic carbocycles. The van der Waals surface area contributed by atoms with Gasteiger partial charge in [-0.1, -0.05) is 32.0 Å². The minimum atomic E-state index is 0. The number of hydrogen-bond acceptors (Lipinski definition) is 4. The number of para-hydroxylation sites is 1. The molecule has 1 atom stereocenters. The number of halogens is 1. The van der Waals surface area contributed by atoms with Crippen molar-refractivity contribution in [2.45, 2.75) is 39.3 Å². The van der Waals surface area contributed by atoms with Crippen molar-refractivity contribution in [3.8, 4) is 5.75 Å². The first-order valence-electron chi connectivity index (χ1n) is 9.30. The van der Waals surface area contributed by atoms with E-state index in [1.165, 1.54) is 22.5 Å². The zero-order chi connectivity index (χ0) is 17.8. The molecule has 0 radical (unpaired) electrons. The van der Waals surface area contributed by atoms with Crippen LogP contribution in [0.1, 0.15) is 42.4 Å². The molecule has 5 nitrogen and oxygen atoms in total. The summed E-state index contributed by atoms with van der Waals surface area (Å²) >= 11 is 0. The Bertz CT molecular complexity index is 716. The third-order valence-corrected chi connectivity index (χ3v) is 5.24. The molecule has 144 valence electrons. The first kappa shape index (κ1) is 20.7. The normalized spacial score (nSPS) is 17.8. The first-order chi connectivity index (χ1) is 12.2. The fourth-order valence-corrected chi connectivity index (χ4v) is 3.96. The smallest absolute Gasteiger partial charge is 0.123 e. The van der Waals surface area contributed by atoms with Crippen LogP contribution in [0.4, 0.5) is 0 Å². The van der Waals surface area contributed by atoms with Gasteiger partial charge in [-0.25, -0.2) is 0 Å². The van der Waals surface area contributed by atoms with Crippen LogP contribution in [0.2, 0.25) is 0 Å². The number of aromatic nitrogens is 2. The number of hydrogen-bond donors (Lipinski definition) is 1. The van der Waals surface area contributed by atoms with Gasteiger partial charge in [0.15, 0.2) is 0 Å². The second-order valence-electron chi connectivity index (χ2n) is 6.64. The van der Waals surface area contributed by atoms with Crippen molar-refractivity contribution >= 4 is 12.4 Å². The number of aryl methyl sites for hydroxylation is 2. The molecule has 0 saturated carbocycles. The summed E-state index contributed by atoms with van der Waals surface area (Å²) in [5, 5.41) is 8.29. The lowest BCUT2D eigenvalue weighted by atomic mass is 10.00. The van der Waals surface area contributed by atoms with Crippen LogP contribution in [0, 0.1) is 0 Å². The summed E-state index contributed by atoms with van der Waals surface area (Å²) in [5.41, 5.74) is 5.26. The van der Waals surface area contributed by atoms with Crippen LogP contribution < -0.4 is 10.1 Å². The largest absolute Gasteiger partial charge is 0.496 e. The van der Waals surface area contributed by atoms with Gasteiger partial charge in [0.2, 0.25) is 0 Å². The van der Waals surface area contributed by atoms with Crippen LogP contribution in [-0.2, 0) is 26.4 Å². The van der Waals surface area contributed by atoms with Crippen LogP contribution >= 0.6 is 12.4 Å². The number of ether oxygens (including phenoxy) is 1. The number of nitrogens with one attached hydrogen (secondary N) is 1.